The van der Waals surface area contributed by atoms with Crippen molar-refractivity contribution in [1.29, 1.82) is 5.26 Å². The molecule has 0 saturated carbocycles. The van der Waals surface area contributed by atoms with E-state index in [1.165, 1.54) is 0 Å². The number of carbonyl (C=O) groups is 2. The summed E-state index contributed by atoms with van der Waals surface area (Å²) in [4.78, 5) is 30.3. The van der Waals surface area contributed by atoms with E-state index < -0.39 is 6.10 Å². The fourth-order valence-electron chi connectivity index (χ4n) is 4.22. The molecular weight excluding hydrogens is 320 g/mol. The second kappa shape index (κ2) is 8.15. The molecule has 0 aromatic rings. The molecule has 3 aliphatic heterocycles. The third-order valence-corrected chi connectivity index (χ3v) is 5.74. The van der Waals surface area contributed by atoms with Crippen molar-refractivity contribution in [2.45, 2.75) is 50.7 Å². The van der Waals surface area contributed by atoms with Crippen LogP contribution < -0.4 is 0 Å². The van der Waals surface area contributed by atoms with Gasteiger partial charge in [-0.3, -0.25) is 9.59 Å². The Labute approximate surface area is 149 Å². The molecule has 3 aliphatic rings. The largest absolute Gasteiger partial charge is 0.391 e. The SMILES string of the molecule is N#CC1CCN(CCCC2CCC(=O)N2CC(=O)N2CCC(O)C2)C1. The van der Waals surface area contributed by atoms with Crippen LogP contribution in [0.15, 0.2) is 0 Å². The second-order valence-electron chi connectivity index (χ2n) is 7.55. The molecule has 0 spiro atoms. The fourth-order valence-corrected chi connectivity index (χ4v) is 4.22. The molecule has 3 unspecified atom stereocenters. The van der Waals surface area contributed by atoms with E-state index in [1.54, 1.807) is 9.80 Å². The maximum atomic E-state index is 12.4. The number of aliphatic hydroxyl groups excluding tert-OH is 1. The number of hydrogen-bond acceptors (Lipinski definition) is 5. The average Bonchev–Trinajstić information content (AvgIpc) is 3.31. The van der Waals surface area contributed by atoms with Crippen LogP contribution >= 0.6 is 0 Å². The number of amides is 2. The van der Waals surface area contributed by atoms with E-state index in [9.17, 15) is 14.7 Å². The molecule has 0 bridgehead atoms. The molecule has 3 fully saturated rings. The molecule has 0 radical (unpaired) electrons. The Hall–Kier alpha value is -1.65. The van der Waals surface area contributed by atoms with E-state index in [2.05, 4.69) is 11.0 Å². The third kappa shape index (κ3) is 4.50. The Bertz CT molecular complexity index is 547. The van der Waals surface area contributed by atoms with Gasteiger partial charge in [0, 0.05) is 32.1 Å². The molecular formula is C18H28N4O3. The predicted octanol–water partition coefficient (Wildman–Crippen LogP) is 0.196. The van der Waals surface area contributed by atoms with Gasteiger partial charge >= 0.3 is 0 Å². The zero-order chi connectivity index (χ0) is 17.8. The minimum atomic E-state index is -0.424. The van der Waals surface area contributed by atoms with E-state index in [0.717, 1.165) is 45.3 Å². The van der Waals surface area contributed by atoms with Gasteiger partial charge in [-0.05, 0) is 45.2 Å². The maximum Gasteiger partial charge on any atom is 0.242 e. The zero-order valence-corrected chi connectivity index (χ0v) is 14.8. The van der Waals surface area contributed by atoms with Crippen LogP contribution in [0.1, 0.15) is 38.5 Å². The number of rotatable bonds is 6. The first-order valence-electron chi connectivity index (χ1n) is 9.44. The molecule has 2 amide bonds. The molecule has 3 atom stereocenters. The van der Waals surface area contributed by atoms with Crippen LogP contribution in [0, 0.1) is 17.2 Å². The van der Waals surface area contributed by atoms with Gasteiger partial charge in [0.05, 0.1) is 18.1 Å². The van der Waals surface area contributed by atoms with Gasteiger partial charge in [-0.2, -0.15) is 5.26 Å². The Morgan fingerprint density at radius 1 is 1.24 bits per heavy atom. The van der Waals surface area contributed by atoms with Gasteiger partial charge in [0.2, 0.25) is 11.8 Å². The van der Waals surface area contributed by atoms with Crippen LogP contribution in [-0.2, 0) is 9.59 Å². The van der Waals surface area contributed by atoms with Gasteiger partial charge < -0.3 is 19.8 Å². The van der Waals surface area contributed by atoms with E-state index in [-0.39, 0.29) is 30.3 Å². The van der Waals surface area contributed by atoms with Crippen molar-refractivity contribution in [2.75, 3.05) is 39.3 Å². The topological polar surface area (TPSA) is 87.9 Å². The zero-order valence-electron chi connectivity index (χ0n) is 14.8. The molecule has 3 heterocycles. The predicted molar refractivity (Wildman–Crippen MR) is 91.3 cm³/mol. The summed E-state index contributed by atoms with van der Waals surface area (Å²) in [6.45, 7) is 3.93. The number of nitrogens with zero attached hydrogens (tertiary/aromatic N) is 4. The van der Waals surface area contributed by atoms with Crippen LogP contribution in [0.2, 0.25) is 0 Å². The molecule has 25 heavy (non-hydrogen) atoms. The third-order valence-electron chi connectivity index (χ3n) is 5.74. The van der Waals surface area contributed by atoms with Crippen molar-refractivity contribution in [3.05, 3.63) is 0 Å². The number of aliphatic hydroxyl groups is 1. The van der Waals surface area contributed by atoms with Crippen molar-refractivity contribution in [2.24, 2.45) is 5.92 Å². The molecule has 3 saturated heterocycles. The van der Waals surface area contributed by atoms with Crippen molar-refractivity contribution in [3.8, 4) is 6.07 Å². The smallest absolute Gasteiger partial charge is 0.242 e. The highest BCUT2D eigenvalue weighted by Crippen LogP contribution is 2.24. The summed E-state index contributed by atoms with van der Waals surface area (Å²) in [5.74, 6) is 0.190. The van der Waals surface area contributed by atoms with Crippen molar-refractivity contribution < 1.29 is 14.7 Å². The molecule has 0 aromatic carbocycles. The van der Waals surface area contributed by atoms with E-state index >= 15 is 0 Å². The first-order chi connectivity index (χ1) is 12.1. The van der Waals surface area contributed by atoms with E-state index in [1.807, 2.05) is 0 Å². The Morgan fingerprint density at radius 2 is 2.08 bits per heavy atom. The highest BCUT2D eigenvalue weighted by atomic mass is 16.3. The lowest BCUT2D eigenvalue weighted by molar-refractivity contribution is -0.139. The molecule has 3 rings (SSSR count). The first kappa shape index (κ1) is 18.2. The Balaban J connectivity index is 1.43. The molecule has 1 N–H and O–H groups in total. The molecule has 0 aliphatic carbocycles. The lowest BCUT2D eigenvalue weighted by Gasteiger charge is -2.27. The number of nitriles is 1. The highest BCUT2D eigenvalue weighted by Gasteiger charge is 2.34. The number of β-amino-alcohol motifs (C(OH)–C–C–N with tert-alkyl or cyclic N) is 1. The van der Waals surface area contributed by atoms with E-state index in [0.29, 0.717) is 25.9 Å². The molecule has 0 aromatic heterocycles. The monoisotopic (exact) mass is 348 g/mol. The van der Waals surface area contributed by atoms with Crippen molar-refractivity contribution >= 4 is 11.8 Å². The van der Waals surface area contributed by atoms with Gasteiger partial charge in [-0.1, -0.05) is 0 Å². The highest BCUT2D eigenvalue weighted by molar-refractivity contribution is 5.86. The minimum Gasteiger partial charge on any atom is -0.391 e. The average molecular weight is 348 g/mol. The van der Waals surface area contributed by atoms with Crippen molar-refractivity contribution in [1.82, 2.24) is 14.7 Å². The Kier molecular flexibility index (Phi) is 5.92. The van der Waals surface area contributed by atoms with Gasteiger partial charge in [0.15, 0.2) is 0 Å². The van der Waals surface area contributed by atoms with Crippen LogP contribution in [-0.4, -0.2) is 83.0 Å². The molecule has 7 nitrogen and oxygen atoms in total. The summed E-state index contributed by atoms with van der Waals surface area (Å²) in [6.07, 6.45) is 4.42. The number of likely N-dealkylation sites (tertiary alicyclic amines) is 3. The summed E-state index contributed by atoms with van der Waals surface area (Å²) >= 11 is 0. The quantitative estimate of drug-likeness (QED) is 0.741. The number of carbonyl (C=O) groups excluding carboxylic acids is 2. The van der Waals surface area contributed by atoms with Gasteiger partial charge in [0.25, 0.3) is 0 Å². The summed E-state index contributed by atoms with van der Waals surface area (Å²) in [7, 11) is 0. The van der Waals surface area contributed by atoms with Gasteiger partial charge in [-0.15, -0.1) is 0 Å². The van der Waals surface area contributed by atoms with Gasteiger partial charge in [0.1, 0.15) is 6.54 Å². The van der Waals surface area contributed by atoms with Crippen LogP contribution in [0.5, 0.6) is 0 Å². The summed E-state index contributed by atoms with van der Waals surface area (Å²) in [5.41, 5.74) is 0. The summed E-state index contributed by atoms with van der Waals surface area (Å²) in [5, 5.41) is 18.5. The summed E-state index contributed by atoms with van der Waals surface area (Å²) in [6, 6.07) is 2.49. The fraction of sp³-hybridized carbons (Fsp3) is 0.833. The second-order valence-corrected chi connectivity index (χ2v) is 7.55. The maximum absolute atomic E-state index is 12.4. The number of hydrogen-bond donors (Lipinski definition) is 1. The summed E-state index contributed by atoms with van der Waals surface area (Å²) < 4.78 is 0. The molecule has 138 valence electrons. The van der Waals surface area contributed by atoms with Crippen molar-refractivity contribution in [3.63, 3.8) is 0 Å². The normalized spacial score (nSPS) is 30.2. The van der Waals surface area contributed by atoms with E-state index in [4.69, 9.17) is 5.26 Å². The Morgan fingerprint density at radius 3 is 2.76 bits per heavy atom. The first-order valence-corrected chi connectivity index (χ1v) is 9.44. The van der Waals surface area contributed by atoms with Gasteiger partial charge in [-0.25, -0.2) is 0 Å². The van der Waals surface area contributed by atoms with Crippen LogP contribution in [0.25, 0.3) is 0 Å². The standard InChI is InChI=1S/C18H28N4O3/c19-10-14-5-8-20(11-14)7-1-2-15-3-4-17(24)22(15)13-18(25)21-9-6-16(23)12-21/h14-16,23H,1-9,11-13H2. The van der Waals surface area contributed by atoms with Crippen LogP contribution in [0.4, 0.5) is 0 Å². The molecule has 7 heteroatoms. The van der Waals surface area contributed by atoms with Crippen LogP contribution in [0.3, 0.4) is 0 Å². The minimum absolute atomic E-state index is 0.0480. The lowest BCUT2D eigenvalue weighted by atomic mass is 10.1. The lowest BCUT2D eigenvalue weighted by Crippen LogP contribution is -2.43.